The fraction of sp³-hybridized carbons (Fsp3) is 0.267. The van der Waals surface area contributed by atoms with Crippen LogP contribution in [-0.4, -0.2) is 32.6 Å². The average Bonchev–Trinajstić information content (AvgIpc) is 3.23. The second-order valence-electron chi connectivity index (χ2n) is 5.18. The van der Waals surface area contributed by atoms with Crippen LogP contribution in [0.2, 0.25) is 0 Å². The molecule has 23 heavy (non-hydrogen) atoms. The van der Waals surface area contributed by atoms with Crippen LogP contribution in [0.25, 0.3) is 10.7 Å². The molecule has 0 bridgehead atoms. The van der Waals surface area contributed by atoms with Gasteiger partial charge in [0.2, 0.25) is 5.91 Å². The topological polar surface area (TPSA) is 67.1 Å². The number of carbonyl (C=O) groups excluding carboxylic acids is 1. The number of aromatic amines is 1. The Morgan fingerprint density at radius 2 is 2.30 bits per heavy atom. The van der Waals surface area contributed by atoms with E-state index in [1.54, 1.807) is 27.9 Å². The van der Waals surface area contributed by atoms with Crippen molar-refractivity contribution in [2.24, 2.45) is 0 Å². The van der Waals surface area contributed by atoms with Gasteiger partial charge in [-0.2, -0.15) is 5.10 Å². The van der Waals surface area contributed by atoms with Crippen molar-refractivity contribution in [2.45, 2.75) is 20.0 Å². The van der Waals surface area contributed by atoms with Gasteiger partial charge < -0.3 is 9.32 Å². The summed E-state index contributed by atoms with van der Waals surface area (Å²) in [4.78, 5) is 15.1. The van der Waals surface area contributed by atoms with Crippen LogP contribution in [-0.2, 0) is 17.9 Å². The lowest BCUT2D eigenvalue weighted by Gasteiger charge is -2.16. The molecule has 8 heteroatoms. The summed E-state index contributed by atoms with van der Waals surface area (Å²) < 4.78 is 7.66. The van der Waals surface area contributed by atoms with E-state index >= 15 is 0 Å². The molecule has 3 heterocycles. The van der Waals surface area contributed by atoms with Crippen LogP contribution in [0, 0.1) is 11.7 Å². The van der Waals surface area contributed by atoms with Crippen molar-refractivity contribution in [3.05, 3.63) is 45.9 Å². The van der Waals surface area contributed by atoms with E-state index in [1.165, 1.54) is 0 Å². The van der Waals surface area contributed by atoms with E-state index in [9.17, 15) is 4.79 Å². The molecule has 1 N–H and O–H groups in total. The highest BCUT2D eigenvalue weighted by Crippen LogP contribution is 2.22. The number of likely N-dealkylation sites (N-methyl/N-ethyl adjacent to an activating group) is 1. The first-order chi connectivity index (χ1) is 11.0. The Balaban J connectivity index is 1.75. The van der Waals surface area contributed by atoms with Gasteiger partial charge in [0.05, 0.1) is 11.4 Å². The molecule has 0 fully saturated rings. The molecule has 3 aromatic heterocycles. The molecule has 0 aromatic carbocycles. The lowest BCUT2D eigenvalue weighted by atomic mass is 10.4. The molecular weight excluding hydrogens is 332 g/mol. The minimum Gasteiger partial charge on any atom is -0.464 e. The highest BCUT2D eigenvalue weighted by molar-refractivity contribution is 7.71. The van der Waals surface area contributed by atoms with Gasteiger partial charge in [0.15, 0.2) is 10.6 Å². The molecule has 1 amide bonds. The maximum absolute atomic E-state index is 12.5. The number of furan rings is 1. The second-order valence-corrected chi connectivity index (χ2v) is 6.51. The fourth-order valence-electron chi connectivity index (χ4n) is 2.21. The van der Waals surface area contributed by atoms with Gasteiger partial charge in [0.1, 0.15) is 18.1 Å². The zero-order valence-electron chi connectivity index (χ0n) is 12.8. The summed E-state index contributed by atoms with van der Waals surface area (Å²) in [6.07, 6.45) is 0. The minimum atomic E-state index is -0.0608. The van der Waals surface area contributed by atoms with Crippen molar-refractivity contribution < 1.29 is 9.21 Å². The number of hydrogen-bond acceptors (Lipinski definition) is 5. The minimum absolute atomic E-state index is 0.0608. The van der Waals surface area contributed by atoms with Crippen LogP contribution in [0.15, 0.2) is 34.1 Å². The highest BCUT2D eigenvalue weighted by atomic mass is 32.1. The molecule has 0 radical (unpaired) electrons. The molecule has 0 atom stereocenters. The molecule has 0 unspecified atom stereocenters. The SMILES string of the molecule is Cc1ccc(CN(C)C(=O)Cn2c(-c3cccs3)n[nH]c2=S)o1. The van der Waals surface area contributed by atoms with Gasteiger partial charge >= 0.3 is 0 Å². The normalized spacial score (nSPS) is 10.9. The van der Waals surface area contributed by atoms with Crippen molar-refractivity contribution in [3.8, 4) is 10.7 Å². The van der Waals surface area contributed by atoms with Gasteiger partial charge in [-0.25, -0.2) is 0 Å². The lowest BCUT2D eigenvalue weighted by molar-refractivity contribution is -0.131. The van der Waals surface area contributed by atoms with E-state index < -0.39 is 0 Å². The zero-order chi connectivity index (χ0) is 16.4. The third kappa shape index (κ3) is 3.43. The van der Waals surface area contributed by atoms with Crippen molar-refractivity contribution in [3.63, 3.8) is 0 Å². The summed E-state index contributed by atoms with van der Waals surface area (Å²) in [6, 6.07) is 7.65. The molecule has 0 saturated carbocycles. The first kappa shape index (κ1) is 15.7. The number of hydrogen-bond donors (Lipinski definition) is 1. The van der Waals surface area contributed by atoms with Crippen LogP contribution in [0.3, 0.4) is 0 Å². The molecule has 0 aliphatic rings. The molecule has 0 aliphatic heterocycles. The Bertz CT molecular complexity index is 860. The highest BCUT2D eigenvalue weighted by Gasteiger charge is 2.16. The first-order valence-corrected chi connectivity index (χ1v) is 8.32. The van der Waals surface area contributed by atoms with Crippen LogP contribution >= 0.6 is 23.6 Å². The molecule has 120 valence electrons. The summed E-state index contributed by atoms with van der Waals surface area (Å²) in [6.45, 7) is 2.44. The van der Waals surface area contributed by atoms with Crippen molar-refractivity contribution >= 4 is 29.5 Å². The molecule has 3 aromatic rings. The molecule has 3 rings (SSSR count). The lowest BCUT2D eigenvalue weighted by Crippen LogP contribution is -2.29. The molecule has 0 spiro atoms. The number of aromatic nitrogens is 3. The predicted molar refractivity (Wildman–Crippen MR) is 90.6 cm³/mol. The maximum Gasteiger partial charge on any atom is 0.242 e. The maximum atomic E-state index is 12.5. The van der Waals surface area contributed by atoms with Gasteiger partial charge in [-0.3, -0.25) is 14.5 Å². The van der Waals surface area contributed by atoms with E-state index in [-0.39, 0.29) is 12.5 Å². The smallest absolute Gasteiger partial charge is 0.242 e. The number of nitrogens with zero attached hydrogens (tertiary/aromatic N) is 3. The first-order valence-electron chi connectivity index (χ1n) is 7.03. The van der Waals surface area contributed by atoms with E-state index in [4.69, 9.17) is 16.6 Å². The Morgan fingerprint density at radius 1 is 1.48 bits per heavy atom. The number of carbonyl (C=O) groups is 1. The zero-order valence-corrected chi connectivity index (χ0v) is 14.4. The van der Waals surface area contributed by atoms with E-state index in [0.717, 1.165) is 16.4 Å². The van der Waals surface area contributed by atoms with E-state index in [2.05, 4.69) is 10.2 Å². The van der Waals surface area contributed by atoms with E-state index in [1.807, 2.05) is 36.6 Å². The molecule has 0 aliphatic carbocycles. The summed E-state index contributed by atoms with van der Waals surface area (Å²) in [7, 11) is 1.74. The standard InChI is InChI=1S/C15H16N4O2S2/c1-10-5-6-11(21-10)8-18(2)13(20)9-19-14(16-17-15(19)22)12-4-3-7-23-12/h3-7H,8-9H2,1-2H3,(H,17,22). The number of H-pyrrole nitrogens is 1. The van der Waals surface area contributed by atoms with E-state index in [0.29, 0.717) is 17.1 Å². The summed E-state index contributed by atoms with van der Waals surface area (Å²) in [5.74, 6) is 2.21. The van der Waals surface area contributed by atoms with Gasteiger partial charge in [0.25, 0.3) is 0 Å². The van der Waals surface area contributed by atoms with Gasteiger partial charge in [-0.05, 0) is 42.7 Å². The Kier molecular flexibility index (Phi) is 4.44. The van der Waals surface area contributed by atoms with Crippen LogP contribution in [0.5, 0.6) is 0 Å². The van der Waals surface area contributed by atoms with Crippen molar-refractivity contribution in [2.75, 3.05) is 7.05 Å². The Hall–Kier alpha value is -2.19. The second kappa shape index (κ2) is 6.51. The Morgan fingerprint density at radius 3 is 2.96 bits per heavy atom. The third-order valence-electron chi connectivity index (χ3n) is 3.41. The van der Waals surface area contributed by atoms with Crippen molar-refractivity contribution in [1.82, 2.24) is 19.7 Å². The number of amides is 1. The van der Waals surface area contributed by atoms with Gasteiger partial charge in [0, 0.05) is 7.05 Å². The number of rotatable bonds is 5. The van der Waals surface area contributed by atoms with Crippen LogP contribution in [0.1, 0.15) is 11.5 Å². The average molecular weight is 348 g/mol. The monoisotopic (exact) mass is 348 g/mol. The summed E-state index contributed by atoms with van der Waals surface area (Å²) in [5, 5.41) is 8.94. The molecular formula is C15H16N4O2S2. The van der Waals surface area contributed by atoms with Crippen LogP contribution < -0.4 is 0 Å². The van der Waals surface area contributed by atoms with Crippen molar-refractivity contribution in [1.29, 1.82) is 0 Å². The number of aryl methyl sites for hydroxylation is 1. The van der Waals surface area contributed by atoms with Gasteiger partial charge in [-0.1, -0.05) is 6.07 Å². The number of nitrogens with one attached hydrogen (secondary N) is 1. The van der Waals surface area contributed by atoms with Crippen LogP contribution in [0.4, 0.5) is 0 Å². The third-order valence-corrected chi connectivity index (χ3v) is 4.59. The molecule has 6 nitrogen and oxygen atoms in total. The fourth-order valence-corrected chi connectivity index (χ4v) is 3.13. The number of thiophene rings is 1. The predicted octanol–water partition coefficient (Wildman–Crippen LogP) is 3.23. The quantitative estimate of drug-likeness (QED) is 0.719. The molecule has 0 saturated heterocycles. The summed E-state index contributed by atoms with van der Waals surface area (Å²) >= 11 is 6.80. The Labute approximate surface area is 142 Å². The largest absolute Gasteiger partial charge is 0.464 e. The van der Waals surface area contributed by atoms with Gasteiger partial charge in [-0.15, -0.1) is 11.3 Å². The summed E-state index contributed by atoms with van der Waals surface area (Å²) in [5.41, 5.74) is 0.